The van der Waals surface area contributed by atoms with Gasteiger partial charge >= 0.3 is 5.97 Å². The number of anilines is 1. The van der Waals surface area contributed by atoms with E-state index >= 15 is 0 Å². The summed E-state index contributed by atoms with van der Waals surface area (Å²) in [5.41, 5.74) is 6.26. The number of carbonyl (C=O) groups is 1. The Labute approximate surface area is 114 Å². The van der Waals surface area contributed by atoms with Gasteiger partial charge in [0, 0.05) is 18.3 Å². The SMILES string of the molecule is CN(C)CCCOC(=O)CCOc1cccc(N)c1. The van der Waals surface area contributed by atoms with E-state index in [0.29, 0.717) is 24.7 Å². The van der Waals surface area contributed by atoms with E-state index in [9.17, 15) is 4.79 Å². The number of rotatable bonds is 8. The third kappa shape index (κ3) is 7.31. The predicted octanol–water partition coefficient (Wildman–Crippen LogP) is 1.53. The average molecular weight is 266 g/mol. The smallest absolute Gasteiger partial charge is 0.309 e. The number of ether oxygens (including phenoxy) is 2. The zero-order valence-corrected chi connectivity index (χ0v) is 11.6. The fraction of sp³-hybridized carbons (Fsp3) is 0.500. The Morgan fingerprint density at radius 1 is 1.32 bits per heavy atom. The van der Waals surface area contributed by atoms with Crippen molar-refractivity contribution in [2.75, 3.05) is 39.6 Å². The summed E-state index contributed by atoms with van der Waals surface area (Å²) in [6.45, 7) is 1.67. The quantitative estimate of drug-likeness (QED) is 0.439. The molecular weight excluding hydrogens is 244 g/mol. The number of esters is 1. The Balaban J connectivity index is 2.10. The van der Waals surface area contributed by atoms with Gasteiger partial charge in [0.15, 0.2) is 0 Å². The molecule has 0 radical (unpaired) electrons. The van der Waals surface area contributed by atoms with Crippen molar-refractivity contribution >= 4 is 11.7 Å². The van der Waals surface area contributed by atoms with Crippen LogP contribution in [0.2, 0.25) is 0 Å². The summed E-state index contributed by atoms with van der Waals surface area (Å²) in [6, 6.07) is 7.12. The van der Waals surface area contributed by atoms with Crippen molar-refractivity contribution in [1.29, 1.82) is 0 Å². The summed E-state index contributed by atoms with van der Waals surface area (Å²) < 4.78 is 10.5. The monoisotopic (exact) mass is 266 g/mol. The van der Waals surface area contributed by atoms with Crippen LogP contribution in [0.5, 0.6) is 5.75 Å². The van der Waals surface area contributed by atoms with Crippen molar-refractivity contribution in [2.24, 2.45) is 0 Å². The predicted molar refractivity (Wildman–Crippen MR) is 75.1 cm³/mol. The second-order valence-corrected chi connectivity index (χ2v) is 4.55. The van der Waals surface area contributed by atoms with Gasteiger partial charge in [-0.25, -0.2) is 0 Å². The summed E-state index contributed by atoms with van der Waals surface area (Å²) in [7, 11) is 3.97. The number of benzene rings is 1. The highest BCUT2D eigenvalue weighted by Crippen LogP contribution is 2.14. The van der Waals surface area contributed by atoms with Gasteiger partial charge in [0.05, 0.1) is 19.6 Å². The van der Waals surface area contributed by atoms with E-state index in [1.165, 1.54) is 0 Å². The van der Waals surface area contributed by atoms with E-state index in [1.807, 2.05) is 20.2 Å². The molecule has 0 unspecified atom stereocenters. The van der Waals surface area contributed by atoms with E-state index in [4.69, 9.17) is 15.2 Å². The van der Waals surface area contributed by atoms with Gasteiger partial charge in [-0.3, -0.25) is 4.79 Å². The summed E-state index contributed by atoms with van der Waals surface area (Å²) in [6.07, 6.45) is 1.09. The second kappa shape index (κ2) is 8.37. The van der Waals surface area contributed by atoms with Crippen LogP contribution in [0.15, 0.2) is 24.3 Å². The highest BCUT2D eigenvalue weighted by molar-refractivity contribution is 5.69. The number of nitrogens with zero attached hydrogens (tertiary/aromatic N) is 1. The van der Waals surface area contributed by atoms with Crippen LogP contribution in [0.1, 0.15) is 12.8 Å². The summed E-state index contributed by atoms with van der Waals surface area (Å²) in [5, 5.41) is 0. The van der Waals surface area contributed by atoms with Crippen LogP contribution < -0.4 is 10.5 Å². The lowest BCUT2D eigenvalue weighted by molar-refractivity contribution is -0.144. The lowest BCUT2D eigenvalue weighted by Gasteiger charge is -2.10. The van der Waals surface area contributed by atoms with Crippen LogP contribution >= 0.6 is 0 Å². The van der Waals surface area contributed by atoms with Gasteiger partial charge in [0.1, 0.15) is 5.75 Å². The standard InChI is InChI=1S/C14H22N2O3/c1-16(2)8-4-9-19-14(17)7-10-18-13-6-3-5-12(15)11-13/h3,5-6,11H,4,7-10,15H2,1-2H3. The van der Waals surface area contributed by atoms with Gasteiger partial charge < -0.3 is 20.1 Å². The van der Waals surface area contributed by atoms with Crippen LogP contribution in [-0.4, -0.2) is 44.7 Å². The van der Waals surface area contributed by atoms with Gasteiger partial charge in [-0.2, -0.15) is 0 Å². The minimum absolute atomic E-state index is 0.234. The van der Waals surface area contributed by atoms with Crippen LogP contribution in [0.3, 0.4) is 0 Å². The van der Waals surface area contributed by atoms with Crippen LogP contribution in [0.4, 0.5) is 5.69 Å². The summed E-state index contributed by atoms with van der Waals surface area (Å²) in [4.78, 5) is 13.5. The van der Waals surface area contributed by atoms with Gasteiger partial charge in [0.25, 0.3) is 0 Å². The molecule has 0 aromatic heterocycles. The number of nitrogens with two attached hydrogens (primary N) is 1. The summed E-state index contributed by atoms with van der Waals surface area (Å²) >= 11 is 0. The first-order chi connectivity index (χ1) is 9.08. The minimum atomic E-state index is -0.234. The fourth-order valence-corrected chi connectivity index (χ4v) is 1.50. The van der Waals surface area contributed by atoms with Crippen LogP contribution in [0.25, 0.3) is 0 Å². The van der Waals surface area contributed by atoms with Crippen LogP contribution in [-0.2, 0) is 9.53 Å². The maximum atomic E-state index is 11.4. The molecule has 1 aromatic rings. The molecule has 0 aliphatic rings. The van der Waals surface area contributed by atoms with Crippen LogP contribution in [0, 0.1) is 0 Å². The molecule has 19 heavy (non-hydrogen) atoms. The Morgan fingerprint density at radius 3 is 2.79 bits per heavy atom. The first-order valence-corrected chi connectivity index (χ1v) is 6.36. The van der Waals surface area contributed by atoms with E-state index in [-0.39, 0.29) is 12.4 Å². The molecule has 0 saturated heterocycles. The van der Waals surface area contributed by atoms with Crippen molar-refractivity contribution in [1.82, 2.24) is 4.90 Å². The molecule has 0 heterocycles. The van der Waals surface area contributed by atoms with Gasteiger partial charge in [-0.15, -0.1) is 0 Å². The molecule has 0 saturated carbocycles. The van der Waals surface area contributed by atoms with Crippen molar-refractivity contribution in [2.45, 2.75) is 12.8 Å². The van der Waals surface area contributed by atoms with E-state index in [2.05, 4.69) is 4.90 Å². The minimum Gasteiger partial charge on any atom is -0.493 e. The van der Waals surface area contributed by atoms with Gasteiger partial charge in [0.2, 0.25) is 0 Å². The maximum Gasteiger partial charge on any atom is 0.309 e. The highest BCUT2D eigenvalue weighted by Gasteiger charge is 2.03. The molecule has 5 nitrogen and oxygen atoms in total. The molecule has 0 aliphatic heterocycles. The molecule has 5 heteroatoms. The molecule has 106 valence electrons. The Kier molecular flexibility index (Phi) is 6.74. The number of nitrogen functional groups attached to an aromatic ring is 1. The molecule has 1 rings (SSSR count). The molecule has 2 N–H and O–H groups in total. The Hall–Kier alpha value is -1.75. The molecule has 1 aromatic carbocycles. The molecule has 0 atom stereocenters. The number of carbonyl (C=O) groups excluding carboxylic acids is 1. The second-order valence-electron chi connectivity index (χ2n) is 4.55. The normalized spacial score (nSPS) is 10.5. The van der Waals surface area contributed by atoms with E-state index in [1.54, 1.807) is 18.2 Å². The third-order valence-corrected chi connectivity index (χ3v) is 2.45. The Morgan fingerprint density at radius 2 is 2.11 bits per heavy atom. The topological polar surface area (TPSA) is 64.8 Å². The van der Waals surface area contributed by atoms with Crippen molar-refractivity contribution in [3.05, 3.63) is 24.3 Å². The van der Waals surface area contributed by atoms with Crippen molar-refractivity contribution < 1.29 is 14.3 Å². The average Bonchev–Trinajstić information content (AvgIpc) is 2.34. The van der Waals surface area contributed by atoms with Gasteiger partial charge in [-0.1, -0.05) is 6.07 Å². The van der Waals surface area contributed by atoms with E-state index < -0.39 is 0 Å². The maximum absolute atomic E-state index is 11.4. The fourth-order valence-electron chi connectivity index (χ4n) is 1.50. The molecular formula is C14H22N2O3. The number of hydrogen-bond donors (Lipinski definition) is 1. The zero-order valence-electron chi connectivity index (χ0n) is 11.6. The molecule has 0 aliphatic carbocycles. The molecule has 0 amide bonds. The highest BCUT2D eigenvalue weighted by atomic mass is 16.5. The molecule has 0 fully saturated rings. The largest absolute Gasteiger partial charge is 0.493 e. The van der Waals surface area contributed by atoms with Crippen molar-refractivity contribution in [3.8, 4) is 5.75 Å². The zero-order chi connectivity index (χ0) is 14.1. The lowest BCUT2D eigenvalue weighted by Crippen LogP contribution is -2.17. The van der Waals surface area contributed by atoms with Crippen molar-refractivity contribution in [3.63, 3.8) is 0 Å². The van der Waals surface area contributed by atoms with Gasteiger partial charge in [-0.05, 0) is 32.6 Å². The molecule has 0 bridgehead atoms. The molecule has 0 spiro atoms. The van der Waals surface area contributed by atoms with E-state index in [0.717, 1.165) is 13.0 Å². The third-order valence-electron chi connectivity index (χ3n) is 2.45. The number of hydrogen-bond acceptors (Lipinski definition) is 5. The first kappa shape index (κ1) is 15.3. The lowest BCUT2D eigenvalue weighted by atomic mass is 10.3. The first-order valence-electron chi connectivity index (χ1n) is 6.36. The summed E-state index contributed by atoms with van der Waals surface area (Å²) in [5.74, 6) is 0.433. The Bertz CT molecular complexity index is 394.